The first-order valence-electron chi connectivity index (χ1n) is 13.0. The number of pyridine rings is 1. The summed E-state index contributed by atoms with van der Waals surface area (Å²) in [5.41, 5.74) is 6.81. The van der Waals surface area contributed by atoms with Gasteiger partial charge >= 0.3 is 0 Å². The third kappa shape index (κ3) is 5.47. The molecule has 1 atom stereocenters. The fourth-order valence-corrected chi connectivity index (χ4v) is 4.78. The van der Waals surface area contributed by atoms with Crippen molar-refractivity contribution in [2.24, 2.45) is 5.41 Å². The quantitative estimate of drug-likeness (QED) is 0.211. The number of amides is 1. The van der Waals surface area contributed by atoms with E-state index < -0.39 is 5.95 Å². The van der Waals surface area contributed by atoms with Gasteiger partial charge in [0.05, 0.1) is 17.0 Å². The number of nitrogens with two attached hydrogens (primary N) is 1. The lowest BCUT2D eigenvalue weighted by Gasteiger charge is -2.33. The van der Waals surface area contributed by atoms with Gasteiger partial charge in [-0.25, -0.2) is 14.6 Å². The Kier molecular flexibility index (Phi) is 7.17. The molecule has 10 nitrogen and oxygen atoms in total. The molecule has 1 aromatic carbocycles. The van der Waals surface area contributed by atoms with Crippen LogP contribution in [0.25, 0.3) is 22.3 Å². The number of nitrogen functional groups attached to an aromatic ring is 1. The van der Waals surface area contributed by atoms with E-state index in [0.717, 1.165) is 0 Å². The number of carbonyl (C=O) groups is 1. The van der Waals surface area contributed by atoms with Gasteiger partial charge in [0.15, 0.2) is 5.65 Å². The topological polar surface area (TPSA) is 136 Å². The zero-order chi connectivity index (χ0) is 28.4. The number of allylic oxidation sites excluding steroid dienone is 1. The fraction of sp³-hybridized carbons (Fsp3) is 0.310. The number of hydrogen-bond donors (Lipinski definition) is 1. The van der Waals surface area contributed by atoms with Crippen LogP contribution in [-0.4, -0.2) is 48.6 Å². The number of nitriles is 1. The monoisotopic (exact) mass is 540 g/mol. The molecule has 1 aliphatic rings. The summed E-state index contributed by atoms with van der Waals surface area (Å²) in [6.07, 6.45) is 4.43. The number of carbonyl (C=O) groups excluding carboxylic acids is 1. The zero-order valence-corrected chi connectivity index (χ0v) is 22.5. The molecule has 1 saturated heterocycles. The Morgan fingerprint density at radius 2 is 1.98 bits per heavy atom. The number of nitrogens with zero attached hydrogens (tertiary/aromatic N) is 7. The molecule has 11 heteroatoms. The number of fused-ring (bicyclic) bond motifs is 1. The molecule has 0 bridgehead atoms. The summed E-state index contributed by atoms with van der Waals surface area (Å²) in [5, 5.41) is 14.8. The van der Waals surface area contributed by atoms with Crippen LogP contribution in [0.2, 0.25) is 0 Å². The van der Waals surface area contributed by atoms with Crippen molar-refractivity contribution >= 4 is 22.8 Å². The summed E-state index contributed by atoms with van der Waals surface area (Å²) in [7, 11) is 0. The number of rotatable bonds is 5. The third-order valence-electron chi connectivity index (χ3n) is 6.52. The molecule has 0 saturated carbocycles. The van der Waals surface area contributed by atoms with Crippen LogP contribution < -0.4 is 10.5 Å². The number of anilines is 1. The van der Waals surface area contributed by atoms with Crippen LogP contribution in [0.5, 0.6) is 11.6 Å². The Labute approximate surface area is 230 Å². The van der Waals surface area contributed by atoms with Crippen molar-refractivity contribution < 1.29 is 13.9 Å². The van der Waals surface area contributed by atoms with Crippen molar-refractivity contribution in [1.29, 1.82) is 5.26 Å². The van der Waals surface area contributed by atoms with Crippen LogP contribution in [0.3, 0.4) is 0 Å². The molecule has 40 heavy (non-hydrogen) atoms. The van der Waals surface area contributed by atoms with Gasteiger partial charge in [0.2, 0.25) is 11.8 Å². The van der Waals surface area contributed by atoms with E-state index in [1.807, 2.05) is 39.0 Å². The fourth-order valence-electron chi connectivity index (χ4n) is 4.78. The van der Waals surface area contributed by atoms with E-state index >= 15 is 4.39 Å². The van der Waals surface area contributed by atoms with Crippen LogP contribution in [0.15, 0.2) is 60.4 Å². The van der Waals surface area contributed by atoms with E-state index in [1.54, 1.807) is 33.9 Å². The van der Waals surface area contributed by atoms with Gasteiger partial charge in [-0.15, -0.1) is 0 Å². The number of benzene rings is 1. The average Bonchev–Trinajstić information content (AvgIpc) is 3.32. The summed E-state index contributed by atoms with van der Waals surface area (Å²) in [6.45, 7) is 6.64. The first kappa shape index (κ1) is 26.7. The molecule has 2 N–H and O–H groups in total. The zero-order valence-electron chi connectivity index (χ0n) is 22.5. The van der Waals surface area contributed by atoms with Gasteiger partial charge < -0.3 is 15.4 Å². The first-order chi connectivity index (χ1) is 19.1. The molecule has 1 aliphatic heterocycles. The van der Waals surface area contributed by atoms with Gasteiger partial charge in [0.1, 0.15) is 35.2 Å². The van der Waals surface area contributed by atoms with E-state index in [2.05, 4.69) is 21.0 Å². The van der Waals surface area contributed by atoms with Crippen molar-refractivity contribution in [1.82, 2.24) is 29.6 Å². The predicted molar refractivity (Wildman–Crippen MR) is 147 cm³/mol. The van der Waals surface area contributed by atoms with Gasteiger partial charge in [-0.05, 0) is 36.5 Å². The van der Waals surface area contributed by atoms with Gasteiger partial charge in [0.25, 0.3) is 5.91 Å². The molecular formula is C29H29FN8O2. The maximum Gasteiger partial charge on any atom is 0.264 e. The number of halogens is 1. The molecule has 0 aliphatic carbocycles. The van der Waals surface area contributed by atoms with E-state index in [4.69, 9.17) is 15.6 Å². The van der Waals surface area contributed by atoms with Crippen LogP contribution >= 0.6 is 0 Å². The molecule has 5 rings (SSSR count). The molecular weight excluding hydrogens is 511 g/mol. The highest BCUT2D eigenvalue weighted by Crippen LogP contribution is 2.35. The van der Waals surface area contributed by atoms with Gasteiger partial charge in [0, 0.05) is 19.2 Å². The Bertz CT molecular complexity index is 1640. The van der Waals surface area contributed by atoms with Crippen LogP contribution in [0.4, 0.5) is 10.2 Å². The highest BCUT2D eigenvalue weighted by Gasteiger charge is 2.31. The lowest BCUT2D eigenvalue weighted by atomic mass is 9.93. The van der Waals surface area contributed by atoms with E-state index in [1.165, 1.54) is 12.4 Å². The van der Waals surface area contributed by atoms with E-state index in [9.17, 15) is 10.1 Å². The summed E-state index contributed by atoms with van der Waals surface area (Å²) in [4.78, 5) is 27.4. The first-order valence-corrected chi connectivity index (χ1v) is 13.0. The lowest BCUT2D eigenvalue weighted by Crippen LogP contribution is -2.41. The van der Waals surface area contributed by atoms with Crippen molar-refractivity contribution in [2.45, 2.75) is 39.7 Å². The van der Waals surface area contributed by atoms with Crippen LogP contribution in [-0.2, 0) is 4.79 Å². The number of hydrogen-bond acceptors (Lipinski definition) is 8. The smallest absolute Gasteiger partial charge is 0.264 e. The molecule has 0 radical (unpaired) electrons. The molecule has 4 aromatic rings. The summed E-state index contributed by atoms with van der Waals surface area (Å²) in [6, 6.07) is 13.8. The lowest BCUT2D eigenvalue weighted by molar-refractivity contribution is -0.128. The predicted octanol–water partition coefficient (Wildman–Crippen LogP) is 5.06. The minimum Gasteiger partial charge on any atom is -0.439 e. The van der Waals surface area contributed by atoms with Gasteiger partial charge in [-0.2, -0.15) is 19.7 Å². The van der Waals surface area contributed by atoms with Crippen molar-refractivity contribution in [3.63, 3.8) is 0 Å². The van der Waals surface area contributed by atoms with Crippen molar-refractivity contribution in [3.8, 4) is 29.0 Å². The number of likely N-dealkylation sites (tertiary alicyclic amines) is 1. The second-order valence-electron chi connectivity index (χ2n) is 10.7. The number of piperidine rings is 1. The van der Waals surface area contributed by atoms with E-state index in [-0.39, 0.29) is 45.9 Å². The number of ether oxygens (including phenoxy) is 1. The minimum atomic E-state index is -0.783. The SMILES string of the molecule is CC(C)(C)C=C(C#N)C(=O)N1CCCC(n2nc(-c3ccc(Oc4ccccc4)nc3F)c3c(N)ncnc32)C1. The van der Waals surface area contributed by atoms with Crippen molar-refractivity contribution in [3.05, 3.63) is 66.4 Å². The largest absolute Gasteiger partial charge is 0.439 e. The molecule has 4 heterocycles. The molecule has 0 spiro atoms. The van der Waals surface area contributed by atoms with Crippen molar-refractivity contribution in [2.75, 3.05) is 18.8 Å². The average molecular weight is 541 g/mol. The maximum absolute atomic E-state index is 15.4. The minimum absolute atomic E-state index is 0.0958. The summed E-state index contributed by atoms with van der Waals surface area (Å²) in [5.74, 6) is -0.327. The number of para-hydroxylation sites is 1. The van der Waals surface area contributed by atoms with Crippen LogP contribution in [0, 0.1) is 22.7 Å². The molecule has 3 aromatic heterocycles. The summed E-state index contributed by atoms with van der Waals surface area (Å²) >= 11 is 0. The Balaban J connectivity index is 1.49. The molecule has 204 valence electrons. The highest BCUT2D eigenvalue weighted by molar-refractivity contribution is 5.99. The molecule has 1 unspecified atom stereocenters. The second-order valence-corrected chi connectivity index (χ2v) is 10.7. The van der Waals surface area contributed by atoms with E-state index in [0.29, 0.717) is 42.7 Å². The van der Waals surface area contributed by atoms with Crippen LogP contribution in [0.1, 0.15) is 39.7 Å². The van der Waals surface area contributed by atoms with Gasteiger partial charge in [-0.3, -0.25) is 4.79 Å². The Morgan fingerprint density at radius 3 is 2.67 bits per heavy atom. The van der Waals surface area contributed by atoms with Gasteiger partial charge in [-0.1, -0.05) is 45.0 Å². The third-order valence-corrected chi connectivity index (χ3v) is 6.52. The standard InChI is InChI=1S/C29H29FN8O2/c1-29(2,3)14-18(15-31)28(39)37-13-7-8-19(16-37)38-27-23(26(32)33-17-34-27)24(36-38)21-11-12-22(35-25(21)30)40-20-9-5-4-6-10-20/h4-6,9-12,14,17,19H,7-8,13,16H2,1-3H3,(H2,32,33,34). The summed E-state index contributed by atoms with van der Waals surface area (Å²) < 4.78 is 22.7. The second kappa shape index (κ2) is 10.7. The maximum atomic E-state index is 15.4. The molecule has 1 amide bonds. The Morgan fingerprint density at radius 1 is 1.20 bits per heavy atom. The number of aromatic nitrogens is 5. The Hall–Kier alpha value is -4.85. The normalized spacial score (nSPS) is 16.1. The molecule has 1 fully saturated rings. The highest BCUT2D eigenvalue weighted by atomic mass is 19.1.